The number of aliphatic carboxylic acids is 1. The van der Waals surface area contributed by atoms with Crippen molar-refractivity contribution in [1.82, 2.24) is 4.90 Å². The number of rotatable bonds is 1. The van der Waals surface area contributed by atoms with E-state index in [0.717, 1.165) is 0 Å². The summed E-state index contributed by atoms with van der Waals surface area (Å²) in [7, 11) is 0. The number of ether oxygens (including phenoxy) is 1. The summed E-state index contributed by atoms with van der Waals surface area (Å²) in [6, 6.07) is 0. The van der Waals surface area contributed by atoms with Gasteiger partial charge in [0.2, 0.25) is 0 Å². The highest BCUT2D eigenvalue weighted by Crippen LogP contribution is 2.31. The second-order valence-electron chi connectivity index (χ2n) is 5.60. The van der Waals surface area contributed by atoms with Crippen molar-refractivity contribution in [3.05, 3.63) is 0 Å². The van der Waals surface area contributed by atoms with Gasteiger partial charge in [0.25, 0.3) is 0 Å². The minimum Gasteiger partial charge on any atom is -0.481 e. The second kappa shape index (κ2) is 4.18. The predicted molar refractivity (Wildman–Crippen MR) is 59.6 cm³/mol. The van der Waals surface area contributed by atoms with Gasteiger partial charge in [-0.2, -0.15) is 0 Å². The van der Waals surface area contributed by atoms with E-state index < -0.39 is 29.2 Å². The Kier molecular flexibility index (Phi) is 3.38. The molecule has 1 saturated heterocycles. The first-order valence-electron chi connectivity index (χ1n) is 5.45. The molecular weight excluding hydrogens is 226 g/mol. The third-order valence-corrected chi connectivity index (χ3v) is 2.79. The van der Waals surface area contributed by atoms with Crippen molar-refractivity contribution in [2.75, 3.05) is 13.1 Å². The lowest BCUT2D eigenvalue weighted by Gasteiger charge is -2.25. The lowest BCUT2D eigenvalue weighted by atomic mass is 9.87. The number of nitrogens with zero attached hydrogens (tertiary/aromatic N) is 1. The molecule has 2 atom stereocenters. The van der Waals surface area contributed by atoms with Gasteiger partial charge in [0, 0.05) is 6.54 Å². The first-order valence-corrected chi connectivity index (χ1v) is 5.45. The maximum atomic E-state index is 11.7. The number of carbonyl (C=O) groups is 2. The summed E-state index contributed by atoms with van der Waals surface area (Å²) in [6.45, 7) is 6.55. The van der Waals surface area contributed by atoms with Crippen molar-refractivity contribution >= 4 is 12.1 Å². The van der Waals surface area contributed by atoms with E-state index in [-0.39, 0.29) is 13.1 Å². The highest BCUT2D eigenvalue weighted by atomic mass is 16.6. The molecule has 98 valence electrons. The Bertz CT molecular complexity index is 335. The molecule has 0 radical (unpaired) electrons. The Balaban J connectivity index is 2.73. The Morgan fingerprint density at radius 3 is 2.29 bits per heavy atom. The van der Waals surface area contributed by atoms with E-state index in [0.29, 0.717) is 0 Å². The van der Waals surface area contributed by atoms with E-state index in [1.807, 2.05) is 0 Å². The number of hydrogen-bond donors (Lipinski definition) is 2. The molecule has 6 heteroatoms. The zero-order valence-electron chi connectivity index (χ0n) is 10.6. The first kappa shape index (κ1) is 13.8. The minimum absolute atomic E-state index is 0.0162. The number of likely N-dealkylation sites (tertiary alicyclic amines) is 1. The van der Waals surface area contributed by atoms with Gasteiger partial charge in [-0.15, -0.1) is 0 Å². The summed E-state index contributed by atoms with van der Waals surface area (Å²) < 4.78 is 5.13. The molecule has 0 aromatic rings. The minimum atomic E-state index is -1.32. The Morgan fingerprint density at radius 2 is 1.94 bits per heavy atom. The van der Waals surface area contributed by atoms with E-state index in [2.05, 4.69) is 0 Å². The van der Waals surface area contributed by atoms with Gasteiger partial charge in [0.05, 0.1) is 12.6 Å². The van der Waals surface area contributed by atoms with Crippen LogP contribution in [-0.2, 0) is 9.53 Å². The number of carboxylic acids is 1. The molecule has 0 spiro atoms. The summed E-state index contributed by atoms with van der Waals surface area (Å²) in [5.74, 6) is -1.11. The van der Waals surface area contributed by atoms with Crippen LogP contribution in [0.4, 0.5) is 4.79 Å². The fraction of sp³-hybridized carbons (Fsp3) is 0.818. The molecule has 17 heavy (non-hydrogen) atoms. The lowest BCUT2D eigenvalue weighted by molar-refractivity contribution is -0.151. The number of aliphatic hydroxyl groups excluding tert-OH is 1. The van der Waals surface area contributed by atoms with Gasteiger partial charge < -0.3 is 19.8 Å². The molecule has 0 aromatic heterocycles. The maximum absolute atomic E-state index is 11.7. The first-order chi connectivity index (χ1) is 7.56. The highest BCUT2D eigenvalue weighted by molar-refractivity contribution is 5.78. The van der Waals surface area contributed by atoms with Gasteiger partial charge in [-0.25, -0.2) is 4.79 Å². The van der Waals surface area contributed by atoms with E-state index >= 15 is 0 Å². The van der Waals surface area contributed by atoms with Gasteiger partial charge in [0.15, 0.2) is 0 Å². The number of aliphatic hydroxyl groups is 1. The third kappa shape index (κ3) is 2.88. The number of β-amino-alcohol motifs (C(OH)–C–C–N with tert-alkyl or cyclic N) is 1. The molecule has 1 fully saturated rings. The summed E-state index contributed by atoms with van der Waals surface area (Å²) in [5, 5.41) is 18.7. The maximum Gasteiger partial charge on any atom is 0.410 e. The van der Waals surface area contributed by atoms with Crippen LogP contribution in [0, 0.1) is 5.41 Å². The van der Waals surface area contributed by atoms with E-state index in [1.54, 1.807) is 20.8 Å². The predicted octanol–water partition coefficient (Wildman–Crippen LogP) is 0.689. The van der Waals surface area contributed by atoms with Crippen LogP contribution in [0.5, 0.6) is 0 Å². The van der Waals surface area contributed by atoms with Crippen LogP contribution in [0.1, 0.15) is 27.7 Å². The average Bonchev–Trinajstić information content (AvgIpc) is 2.42. The second-order valence-corrected chi connectivity index (χ2v) is 5.60. The Morgan fingerprint density at radius 1 is 1.41 bits per heavy atom. The molecule has 0 aliphatic carbocycles. The topological polar surface area (TPSA) is 87.1 Å². The molecule has 1 rings (SSSR count). The molecule has 6 nitrogen and oxygen atoms in total. The normalized spacial score (nSPS) is 29.2. The molecule has 0 unspecified atom stereocenters. The summed E-state index contributed by atoms with van der Waals surface area (Å²) in [5.41, 5.74) is -1.96. The van der Waals surface area contributed by atoms with Crippen molar-refractivity contribution in [2.24, 2.45) is 5.41 Å². The molecule has 2 N–H and O–H groups in total. The highest BCUT2D eigenvalue weighted by Gasteiger charge is 2.50. The van der Waals surface area contributed by atoms with Crippen molar-refractivity contribution in [3.8, 4) is 0 Å². The summed E-state index contributed by atoms with van der Waals surface area (Å²) in [6.07, 6.45) is -1.67. The van der Waals surface area contributed by atoms with Crippen LogP contribution >= 0.6 is 0 Å². The van der Waals surface area contributed by atoms with Crippen LogP contribution in [0.3, 0.4) is 0 Å². The number of carbonyl (C=O) groups excluding carboxylic acids is 1. The number of carboxylic acid groups (broad SMARTS) is 1. The van der Waals surface area contributed by atoms with Gasteiger partial charge in [-0.05, 0) is 27.7 Å². The monoisotopic (exact) mass is 245 g/mol. The molecule has 1 amide bonds. The van der Waals surface area contributed by atoms with Crippen molar-refractivity contribution < 1.29 is 24.5 Å². The van der Waals surface area contributed by atoms with Crippen molar-refractivity contribution in [3.63, 3.8) is 0 Å². The molecule has 1 aliphatic rings. The molecule has 1 heterocycles. The molecule has 1 aliphatic heterocycles. The van der Waals surface area contributed by atoms with Gasteiger partial charge >= 0.3 is 12.1 Å². The molecule has 0 saturated carbocycles. The van der Waals surface area contributed by atoms with Crippen LogP contribution in [-0.4, -0.2) is 52.0 Å². The smallest absolute Gasteiger partial charge is 0.410 e. The zero-order chi connectivity index (χ0) is 13.4. The number of hydrogen-bond acceptors (Lipinski definition) is 4. The fourth-order valence-corrected chi connectivity index (χ4v) is 1.65. The standard InChI is InChI=1S/C11H19NO5/c1-10(2,3)17-9(16)12-5-7(13)11(4,6-12)8(14)15/h7,13H,5-6H2,1-4H3,(H,14,15)/t7-,11+/m1/s1. The van der Waals surface area contributed by atoms with E-state index in [1.165, 1.54) is 11.8 Å². The van der Waals surface area contributed by atoms with E-state index in [9.17, 15) is 14.7 Å². The van der Waals surface area contributed by atoms with Gasteiger partial charge in [-0.3, -0.25) is 4.79 Å². The number of amides is 1. The lowest BCUT2D eigenvalue weighted by Crippen LogP contribution is -2.40. The zero-order valence-corrected chi connectivity index (χ0v) is 10.6. The molecule has 0 aromatic carbocycles. The van der Waals surface area contributed by atoms with Crippen molar-refractivity contribution in [1.29, 1.82) is 0 Å². The average molecular weight is 245 g/mol. The van der Waals surface area contributed by atoms with Crippen molar-refractivity contribution in [2.45, 2.75) is 39.4 Å². The van der Waals surface area contributed by atoms with Crippen LogP contribution in [0.2, 0.25) is 0 Å². The third-order valence-electron chi connectivity index (χ3n) is 2.79. The largest absolute Gasteiger partial charge is 0.481 e. The van der Waals surface area contributed by atoms with Gasteiger partial charge in [-0.1, -0.05) is 0 Å². The fourth-order valence-electron chi connectivity index (χ4n) is 1.65. The quantitative estimate of drug-likeness (QED) is 0.709. The van der Waals surface area contributed by atoms with E-state index in [4.69, 9.17) is 9.84 Å². The molecule has 0 bridgehead atoms. The summed E-state index contributed by atoms with van der Waals surface area (Å²) in [4.78, 5) is 24.0. The van der Waals surface area contributed by atoms with Gasteiger partial charge in [0.1, 0.15) is 11.0 Å². The summed E-state index contributed by atoms with van der Waals surface area (Å²) >= 11 is 0. The van der Waals surface area contributed by atoms with Crippen LogP contribution < -0.4 is 0 Å². The van der Waals surface area contributed by atoms with Crippen LogP contribution in [0.25, 0.3) is 0 Å². The Hall–Kier alpha value is -1.30. The molecular formula is C11H19NO5. The van der Waals surface area contributed by atoms with Crippen LogP contribution in [0.15, 0.2) is 0 Å². The SMILES string of the molecule is CC(C)(C)OC(=O)N1C[C@@H](O)[C@@](C)(C(=O)O)C1. The Labute approximate surface area is 100 Å².